The van der Waals surface area contributed by atoms with Crippen molar-refractivity contribution in [3.63, 3.8) is 0 Å². The number of rotatable bonds is 8. The van der Waals surface area contributed by atoms with Gasteiger partial charge in [-0.1, -0.05) is 42.5 Å². The first kappa shape index (κ1) is 16.3. The van der Waals surface area contributed by atoms with Gasteiger partial charge in [0.15, 0.2) is 0 Å². The van der Waals surface area contributed by atoms with Gasteiger partial charge in [0.1, 0.15) is 0 Å². The molecule has 2 aliphatic carbocycles. The summed E-state index contributed by atoms with van der Waals surface area (Å²) in [6.07, 6.45) is 3.64. The summed E-state index contributed by atoms with van der Waals surface area (Å²) in [6, 6.07) is 18.5. The molecule has 2 fully saturated rings. The summed E-state index contributed by atoms with van der Waals surface area (Å²) < 4.78 is 0. The van der Waals surface area contributed by atoms with Crippen LogP contribution in [0.25, 0.3) is 0 Å². The molecule has 2 atom stereocenters. The molecule has 0 heterocycles. The molecule has 0 aliphatic heterocycles. The van der Waals surface area contributed by atoms with Crippen LogP contribution in [0.2, 0.25) is 0 Å². The van der Waals surface area contributed by atoms with E-state index in [0.29, 0.717) is 17.5 Å². The summed E-state index contributed by atoms with van der Waals surface area (Å²) in [4.78, 5) is 10.9. The van der Waals surface area contributed by atoms with Crippen molar-refractivity contribution in [1.82, 2.24) is 10.6 Å². The first-order valence-corrected chi connectivity index (χ1v) is 9.01. The molecule has 4 rings (SSSR count). The Bertz CT molecular complexity index is 738. The molecule has 2 aromatic carbocycles. The van der Waals surface area contributed by atoms with Crippen molar-refractivity contribution in [2.45, 2.75) is 43.3 Å². The third-order valence-corrected chi connectivity index (χ3v) is 5.44. The Balaban J connectivity index is 1.24. The highest BCUT2D eigenvalue weighted by molar-refractivity contribution is 5.87. The smallest absolute Gasteiger partial charge is 0.335 e. The molecule has 2 aromatic rings. The number of carboxylic acids is 1. The molecule has 4 nitrogen and oxygen atoms in total. The van der Waals surface area contributed by atoms with Crippen molar-refractivity contribution in [3.05, 3.63) is 71.3 Å². The molecule has 0 aromatic heterocycles. The predicted octanol–water partition coefficient (Wildman–Crippen LogP) is 3.15. The van der Waals surface area contributed by atoms with Crippen molar-refractivity contribution in [2.24, 2.45) is 0 Å². The fourth-order valence-corrected chi connectivity index (χ4v) is 3.44. The SMILES string of the molecule is O=C(O)c1ccc(CNC2(CN[C@H]3C[C@@H]3c3ccccc3)CC2)cc1. The molecule has 0 saturated heterocycles. The second-order valence-electron chi connectivity index (χ2n) is 7.38. The van der Waals surface area contributed by atoms with Crippen molar-refractivity contribution in [3.8, 4) is 0 Å². The average Bonchev–Trinajstić information content (AvgIpc) is 3.55. The van der Waals surface area contributed by atoms with Crippen LogP contribution in [0.4, 0.5) is 0 Å². The van der Waals surface area contributed by atoms with Crippen LogP contribution >= 0.6 is 0 Å². The van der Waals surface area contributed by atoms with E-state index >= 15 is 0 Å². The van der Waals surface area contributed by atoms with Gasteiger partial charge < -0.3 is 15.7 Å². The Kier molecular flexibility index (Phi) is 4.32. The minimum Gasteiger partial charge on any atom is -0.478 e. The standard InChI is InChI=1S/C21H24N2O2/c24-20(25)17-8-6-15(7-9-17)13-23-21(10-11-21)14-22-19-12-18(19)16-4-2-1-3-5-16/h1-9,18-19,22-23H,10-14H2,(H,24,25)/t18-,19+/m1/s1. The van der Waals surface area contributed by atoms with E-state index in [-0.39, 0.29) is 5.54 Å². The Labute approximate surface area is 148 Å². The van der Waals surface area contributed by atoms with E-state index in [4.69, 9.17) is 5.11 Å². The number of nitrogens with one attached hydrogen (secondary N) is 2. The maximum Gasteiger partial charge on any atom is 0.335 e. The van der Waals surface area contributed by atoms with Gasteiger partial charge in [-0.3, -0.25) is 0 Å². The van der Waals surface area contributed by atoms with Gasteiger partial charge in [0, 0.05) is 30.6 Å². The van der Waals surface area contributed by atoms with Crippen molar-refractivity contribution in [2.75, 3.05) is 6.54 Å². The second-order valence-corrected chi connectivity index (χ2v) is 7.38. The maximum absolute atomic E-state index is 10.9. The van der Waals surface area contributed by atoms with Crippen LogP contribution in [0.5, 0.6) is 0 Å². The van der Waals surface area contributed by atoms with Crippen molar-refractivity contribution in [1.29, 1.82) is 0 Å². The zero-order chi connectivity index (χ0) is 17.3. The van der Waals surface area contributed by atoms with E-state index in [1.165, 1.54) is 24.8 Å². The lowest BCUT2D eigenvalue weighted by atomic mass is 10.1. The summed E-state index contributed by atoms with van der Waals surface area (Å²) in [5.41, 5.74) is 3.13. The van der Waals surface area contributed by atoms with Gasteiger partial charge in [0.05, 0.1) is 5.56 Å². The van der Waals surface area contributed by atoms with E-state index in [2.05, 4.69) is 41.0 Å². The van der Waals surface area contributed by atoms with Crippen molar-refractivity contribution >= 4 is 5.97 Å². The molecule has 3 N–H and O–H groups in total. The summed E-state index contributed by atoms with van der Waals surface area (Å²) in [5, 5.41) is 16.3. The van der Waals surface area contributed by atoms with Crippen LogP contribution in [0.15, 0.2) is 54.6 Å². The van der Waals surface area contributed by atoms with E-state index < -0.39 is 5.97 Å². The molecule has 2 aliphatic rings. The van der Waals surface area contributed by atoms with Gasteiger partial charge in [-0.25, -0.2) is 4.79 Å². The first-order valence-electron chi connectivity index (χ1n) is 9.01. The fourth-order valence-electron chi connectivity index (χ4n) is 3.44. The topological polar surface area (TPSA) is 61.4 Å². The lowest BCUT2D eigenvalue weighted by Gasteiger charge is -2.18. The summed E-state index contributed by atoms with van der Waals surface area (Å²) >= 11 is 0. The highest BCUT2D eigenvalue weighted by Crippen LogP contribution is 2.42. The van der Waals surface area contributed by atoms with Gasteiger partial charge in [0.2, 0.25) is 0 Å². The monoisotopic (exact) mass is 336 g/mol. The molecular weight excluding hydrogens is 312 g/mol. The molecule has 2 saturated carbocycles. The Morgan fingerprint density at radius 1 is 1.08 bits per heavy atom. The Morgan fingerprint density at radius 3 is 2.44 bits per heavy atom. The minimum atomic E-state index is -0.875. The highest BCUT2D eigenvalue weighted by Gasteiger charge is 2.45. The van der Waals surface area contributed by atoms with Gasteiger partial charge in [-0.2, -0.15) is 0 Å². The molecule has 0 spiro atoms. The molecule has 130 valence electrons. The summed E-state index contributed by atoms with van der Waals surface area (Å²) in [7, 11) is 0. The van der Waals surface area contributed by atoms with Gasteiger partial charge >= 0.3 is 5.97 Å². The third-order valence-electron chi connectivity index (χ3n) is 5.44. The number of carbonyl (C=O) groups is 1. The predicted molar refractivity (Wildman–Crippen MR) is 97.8 cm³/mol. The molecule has 0 unspecified atom stereocenters. The van der Waals surface area contributed by atoms with Gasteiger partial charge in [-0.15, -0.1) is 0 Å². The third kappa shape index (κ3) is 3.91. The van der Waals surface area contributed by atoms with Crippen LogP contribution in [-0.4, -0.2) is 29.2 Å². The van der Waals surface area contributed by atoms with Crippen molar-refractivity contribution < 1.29 is 9.90 Å². The minimum absolute atomic E-state index is 0.218. The molecule has 0 bridgehead atoms. The second kappa shape index (κ2) is 6.62. The van der Waals surface area contributed by atoms with Gasteiger partial charge in [0.25, 0.3) is 0 Å². The zero-order valence-electron chi connectivity index (χ0n) is 14.2. The zero-order valence-corrected chi connectivity index (χ0v) is 14.2. The molecule has 0 radical (unpaired) electrons. The Morgan fingerprint density at radius 2 is 1.80 bits per heavy atom. The quantitative estimate of drug-likeness (QED) is 0.693. The molecule has 4 heteroatoms. The lowest BCUT2D eigenvalue weighted by molar-refractivity contribution is 0.0697. The average molecular weight is 336 g/mol. The Hall–Kier alpha value is -2.17. The maximum atomic E-state index is 10.9. The van der Waals surface area contributed by atoms with Gasteiger partial charge in [-0.05, 0) is 42.5 Å². The van der Waals surface area contributed by atoms with Crippen LogP contribution in [0, 0.1) is 0 Å². The molecule has 0 amide bonds. The number of hydrogen-bond donors (Lipinski definition) is 3. The van der Waals surface area contributed by atoms with Crippen LogP contribution in [0.3, 0.4) is 0 Å². The largest absolute Gasteiger partial charge is 0.478 e. The lowest BCUT2D eigenvalue weighted by Crippen LogP contribution is -2.41. The highest BCUT2D eigenvalue weighted by atomic mass is 16.4. The number of carboxylic acid groups (broad SMARTS) is 1. The number of hydrogen-bond acceptors (Lipinski definition) is 3. The normalized spacial score (nSPS) is 23.2. The summed E-state index contributed by atoms with van der Waals surface area (Å²) in [5.74, 6) is -0.208. The van der Waals surface area contributed by atoms with E-state index in [1.54, 1.807) is 12.1 Å². The first-order chi connectivity index (χ1) is 12.2. The van der Waals surface area contributed by atoms with E-state index in [1.807, 2.05) is 12.1 Å². The van der Waals surface area contributed by atoms with Crippen LogP contribution < -0.4 is 10.6 Å². The summed E-state index contributed by atoms with van der Waals surface area (Å²) in [6.45, 7) is 1.79. The van der Waals surface area contributed by atoms with E-state index in [9.17, 15) is 4.79 Å². The van der Waals surface area contributed by atoms with E-state index in [0.717, 1.165) is 18.7 Å². The number of aromatic carboxylic acids is 1. The molecular formula is C21H24N2O2. The van der Waals surface area contributed by atoms with Crippen LogP contribution in [-0.2, 0) is 6.54 Å². The molecule has 25 heavy (non-hydrogen) atoms. The van der Waals surface area contributed by atoms with Crippen LogP contribution in [0.1, 0.15) is 46.7 Å². The number of benzene rings is 2. The fraction of sp³-hybridized carbons (Fsp3) is 0.381.